The second kappa shape index (κ2) is 3.26. The number of rotatable bonds is 1. The number of benzene rings is 1. The topological polar surface area (TPSA) is 30.9 Å². The summed E-state index contributed by atoms with van der Waals surface area (Å²) in [5, 5.41) is 0.648. The number of hydrogen-bond acceptors (Lipinski definition) is 1. The maximum Gasteiger partial charge on any atom is 0.431 e. The molecule has 3 rings (SSSR count). The quantitative estimate of drug-likeness (QED) is 0.816. The number of nitrogens with zero attached hydrogens (tertiary/aromatic N) is 1. The minimum Gasteiger partial charge on any atom is -0.336 e. The van der Waals surface area contributed by atoms with E-state index in [9.17, 15) is 13.2 Å². The van der Waals surface area contributed by atoms with Crippen LogP contribution in [-0.4, -0.2) is 4.57 Å². The average Bonchev–Trinajstić information content (AvgIpc) is 2.81. The molecule has 0 atom stereocenters. The molecule has 1 aromatic carbocycles. The molecular formula is C12H11F3N2. The van der Waals surface area contributed by atoms with Crippen LogP contribution in [0.5, 0.6) is 0 Å². The molecule has 90 valence electrons. The van der Waals surface area contributed by atoms with Gasteiger partial charge in [0.1, 0.15) is 5.69 Å². The fourth-order valence-electron chi connectivity index (χ4n) is 2.74. The molecule has 0 saturated heterocycles. The number of halogens is 3. The Labute approximate surface area is 95.8 Å². The van der Waals surface area contributed by atoms with Gasteiger partial charge in [-0.1, -0.05) is 18.2 Å². The molecule has 0 unspecified atom stereocenters. The van der Waals surface area contributed by atoms with Gasteiger partial charge in [-0.2, -0.15) is 13.2 Å². The van der Waals surface area contributed by atoms with Gasteiger partial charge in [-0.05, 0) is 12.0 Å². The molecule has 1 aliphatic heterocycles. The van der Waals surface area contributed by atoms with Crippen LogP contribution in [0, 0.1) is 0 Å². The van der Waals surface area contributed by atoms with E-state index in [4.69, 9.17) is 5.73 Å². The van der Waals surface area contributed by atoms with E-state index in [-0.39, 0.29) is 12.1 Å². The monoisotopic (exact) mass is 240 g/mol. The van der Waals surface area contributed by atoms with Crippen LogP contribution in [0.25, 0.3) is 10.9 Å². The zero-order valence-electron chi connectivity index (χ0n) is 9.01. The van der Waals surface area contributed by atoms with Gasteiger partial charge in [-0.3, -0.25) is 0 Å². The van der Waals surface area contributed by atoms with E-state index in [1.807, 2.05) is 6.07 Å². The summed E-state index contributed by atoms with van der Waals surface area (Å²) in [4.78, 5) is 0. The average molecular weight is 240 g/mol. The maximum absolute atomic E-state index is 13.1. The third kappa shape index (κ3) is 1.32. The van der Waals surface area contributed by atoms with Gasteiger partial charge in [0.05, 0.1) is 5.52 Å². The highest BCUT2D eigenvalue weighted by Crippen LogP contribution is 2.41. The molecule has 1 aliphatic rings. The number of hydrogen-bond donors (Lipinski definition) is 1. The standard InChI is InChI=1S/C12H11F3N2/c13-12(14,15)11-9(6-16)8-3-1-2-7-4-5-17(11)10(7)8/h1-3H,4-6,16H2. The summed E-state index contributed by atoms with van der Waals surface area (Å²) in [6.45, 7) is 0.312. The van der Waals surface area contributed by atoms with Crippen LogP contribution in [0.3, 0.4) is 0 Å². The molecular weight excluding hydrogens is 229 g/mol. The number of aromatic nitrogens is 1. The third-order valence-electron chi connectivity index (χ3n) is 3.35. The van der Waals surface area contributed by atoms with Crippen LogP contribution >= 0.6 is 0 Å². The molecule has 2 N–H and O–H groups in total. The molecule has 0 radical (unpaired) electrons. The molecule has 0 amide bonds. The largest absolute Gasteiger partial charge is 0.431 e. The summed E-state index contributed by atoms with van der Waals surface area (Å²) in [6.07, 6.45) is -3.67. The van der Waals surface area contributed by atoms with Gasteiger partial charge in [0.2, 0.25) is 0 Å². The SMILES string of the molecule is NCc1c(C(F)(F)F)n2c3c(cccc13)CC2. The summed E-state index contributed by atoms with van der Waals surface area (Å²) in [5.74, 6) is 0. The smallest absolute Gasteiger partial charge is 0.336 e. The van der Waals surface area contributed by atoms with E-state index >= 15 is 0 Å². The summed E-state index contributed by atoms with van der Waals surface area (Å²) in [5.41, 5.74) is 6.82. The van der Waals surface area contributed by atoms with Gasteiger partial charge < -0.3 is 10.3 Å². The van der Waals surface area contributed by atoms with Crippen LogP contribution in [0.4, 0.5) is 13.2 Å². The predicted octanol–water partition coefficient (Wildman–Crippen LogP) is 2.67. The third-order valence-corrected chi connectivity index (χ3v) is 3.35. The highest BCUT2D eigenvalue weighted by Gasteiger charge is 2.40. The van der Waals surface area contributed by atoms with Gasteiger partial charge in [0, 0.05) is 24.0 Å². The molecule has 2 aromatic rings. The van der Waals surface area contributed by atoms with Crippen molar-refractivity contribution in [2.45, 2.75) is 25.7 Å². The highest BCUT2D eigenvalue weighted by atomic mass is 19.4. The molecule has 0 bridgehead atoms. The van der Waals surface area contributed by atoms with Crippen LogP contribution in [0.2, 0.25) is 0 Å². The van der Waals surface area contributed by atoms with Crippen molar-refractivity contribution < 1.29 is 13.2 Å². The van der Waals surface area contributed by atoms with Crippen molar-refractivity contribution in [1.82, 2.24) is 4.57 Å². The van der Waals surface area contributed by atoms with E-state index < -0.39 is 11.9 Å². The Hall–Kier alpha value is -1.49. The lowest BCUT2D eigenvalue weighted by Gasteiger charge is -2.11. The fourth-order valence-corrected chi connectivity index (χ4v) is 2.74. The summed E-state index contributed by atoms with van der Waals surface area (Å²) in [6, 6.07) is 5.40. The second-order valence-corrected chi connectivity index (χ2v) is 4.24. The minimum absolute atomic E-state index is 0.0816. The van der Waals surface area contributed by atoms with Crippen molar-refractivity contribution in [2.24, 2.45) is 5.73 Å². The van der Waals surface area contributed by atoms with Crippen molar-refractivity contribution in [2.75, 3.05) is 0 Å². The van der Waals surface area contributed by atoms with Crippen molar-refractivity contribution in [1.29, 1.82) is 0 Å². The van der Waals surface area contributed by atoms with E-state index in [1.165, 1.54) is 4.57 Å². The van der Waals surface area contributed by atoms with Crippen molar-refractivity contribution in [3.63, 3.8) is 0 Å². The second-order valence-electron chi connectivity index (χ2n) is 4.24. The van der Waals surface area contributed by atoms with Crippen molar-refractivity contribution in [3.05, 3.63) is 35.0 Å². The Morgan fingerprint density at radius 1 is 1.29 bits per heavy atom. The number of nitrogens with two attached hydrogens (primary N) is 1. The Bertz CT molecular complexity index is 596. The fraction of sp³-hybridized carbons (Fsp3) is 0.333. The van der Waals surface area contributed by atoms with Gasteiger partial charge in [-0.25, -0.2) is 0 Å². The number of alkyl halides is 3. The lowest BCUT2D eigenvalue weighted by Crippen LogP contribution is -2.16. The first-order valence-electron chi connectivity index (χ1n) is 5.44. The molecule has 0 spiro atoms. The first-order chi connectivity index (χ1) is 8.04. The molecule has 0 aliphatic carbocycles. The van der Waals surface area contributed by atoms with E-state index in [0.29, 0.717) is 23.9 Å². The Morgan fingerprint density at radius 2 is 2.06 bits per heavy atom. The van der Waals surface area contributed by atoms with Crippen LogP contribution < -0.4 is 5.73 Å². The van der Waals surface area contributed by atoms with Crippen molar-refractivity contribution >= 4 is 10.9 Å². The summed E-state index contributed by atoms with van der Waals surface area (Å²) in [7, 11) is 0. The van der Waals surface area contributed by atoms with Crippen molar-refractivity contribution in [3.8, 4) is 0 Å². The molecule has 17 heavy (non-hydrogen) atoms. The molecule has 1 aromatic heterocycles. The number of para-hydroxylation sites is 1. The van der Waals surface area contributed by atoms with Crippen LogP contribution in [0.1, 0.15) is 16.8 Å². The lowest BCUT2D eigenvalue weighted by atomic mass is 10.1. The van der Waals surface area contributed by atoms with Crippen LogP contribution in [0.15, 0.2) is 18.2 Å². The zero-order chi connectivity index (χ0) is 12.2. The number of aryl methyl sites for hydroxylation is 2. The Kier molecular flexibility index (Phi) is 2.04. The van der Waals surface area contributed by atoms with Crippen LogP contribution in [-0.2, 0) is 25.7 Å². The molecule has 2 heterocycles. The zero-order valence-corrected chi connectivity index (χ0v) is 9.01. The molecule has 0 saturated carbocycles. The van der Waals surface area contributed by atoms with Gasteiger partial charge in [0.15, 0.2) is 0 Å². The first kappa shape index (κ1) is 10.7. The molecule has 5 heteroatoms. The Balaban J connectivity index is 2.46. The van der Waals surface area contributed by atoms with Gasteiger partial charge >= 0.3 is 6.18 Å². The van der Waals surface area contributed by atoms with E-state index in [1.54, 1.807) is 12.1 Å². The first-order valence-corrected chi connectivity index (χ1v) is 5.44. The van der Waals surface area contributed by atoms with Gasteiger partial charge in [-0.15, -0.1) is 0 Å². The summed E-state index contributed by atoms with van der Waals surface area (Å²) < 4.78 is 40.6. The maximum atomic E-state index is 13.1. The highest BCUT2D eigenvalue weighted by molar-refractivity contribution is 5.89. The lowest BCUT2D eigenvalue weighted by molar-refractivity contribution is -0.143. The summed E-state index contributed by atoms with van der Waals surface area (Å²) >= 11 is 0. The molecule has 2 nitrogen and oxygen atoms in total. The molecule has 0 fully saturated rings. The van der Waals surface area contributed by atoms with E-state index in [2.05, 4.69) is 0 Å². The van der Waals surface area contributed by atoms with E-state index in [0.717, 1.165) is 5.56 Å². The predicted molar refractivity (Wildman–Crippen MR) is 58.5 cm³/mol. The minimum atomic E-state index is -4.34. The normalized spacial score (nSPS) is 14.8. The van der Waals surface area contributed by atoms with Gasteiger partial charge in [0.25, 0.3) is 0 Å². The Morgan fingerprint density at radius 3 is 2.71 bits per heavy atom.